The largest absolute Gasteiger partial charge is 0.379 e. The number of anilines is 2. The van der Waals surface area contributed by atoms with Crippen LogP contribution in [0.15, 0.2) is 30.3 Å². The van der Waals surface area contributed by atoms with Gasteiger partial charge in [-0.1, -0.05) is 18.2 Å². The summed E-state index contributed by atoms with van der Waals surface area (Å²) in [4.78, 5) is 29.3. The molecule has 1 aromatic carbocycles. The number of nitrogens with one attached hydrogen (secondary N) is 2. The molecule has 0 unspecified atom stereocenters. The number of ether oxygens (including phenoxy) is 1. The normalized spacial score (nSPS) is 18.1. The lowest BCUT2D eigenvalue weighted by atomic mass is 10.0. The number of hydrogen-bond donors (Lipinski definition) is 2. The van der Waals surface area contributed by atoms with E-state index < -0.39 is 0 Å². The first-order chi connectivity index (χ1) is 17.0. The SMILES string of the molecule is Cc1sc2nc(CN3CCOCC3)nc(NC3CCN(CC(=O)Nc4ccccc4)CC3)c2c1C. The summed E-state index contributed by atoms with van der Waals surface area (Å²) >= 11 is 1.75. The Hall–Kier alpha value is -2.59. The number of likely N-dealkylation sites (tertiary alicyclic amines) is 1. The molecule has 3 aromatic rings. The van der Waals surface area contributed by atoms with Gasteiger partial charge in [0.15, 0.2) is 0 Å². The van der Waals surface area contributed by atoms with Crippen molar-refractivity contribution in [2.75, 3.05) is 56.6 Å². The van der Waals surface area contributed by atoms with E-state index in [1.165, 1.54) is 10.4 Å². The first-order valence-electron chi connectivity index (χ1n) is 12.5. The van der Waals surface area contributed by atoms with Gasteiger partial charge in [-0.25, -0.2) is 9.97 Å². The Morgan fingerprint density at radius 1 is 1.06 bits per heavy atom. The third-order valence-electron chi connectivity index (χ3n) is 6.90. The lowest BCUT2D eigenvalue weighted by Gasteiger charge is -2.32. The maximum Gasteiger partial charge on any atom is 0.238 e. The summed E-state index contributed by atoms with van der Waals surface area (Å²) in [7, 11) is 0. The van der Waals surface area contributed by atoms with Crippen LogP contribution < -0.4 is 10.6 Å². The smallest absolute Gasteiger partial charge is 0.238 e. The van der Waals surface area contributed by atoms with Crippen molar-refractivity contribution in [3.05, 3.63) is 46.6 Å². The quantitative estimate of drug-likeness (QED) is 0.519. The number of aryl methyl sites for hydroxylation is 2. The number of nitrogens with zero attached hydrogens (tertiary/aromatic N) is 4. The molecule has 2 aromatic heterocycles. The lowest BCUT2D eigenvalue weighted by Crippen LogP contribution is -2.42. The Morgan fingerprint density at radius 2 is 1.80 bits per heavy atom. The van der Waals surface area contributed by atoms with Crippen LogP contribution in [-0.2, 0) is 16.1 Å². The fraction of sp³-hybridized carbons (Fsp3) is 0.500. The highest BCUT2D eigenvalue weighted by Crippen LogP contribution is 2.34. The highest BCUT2D eigenvalue weighted by atomic mass is 32.1. The molecule has 5 rings (SSSR count). The summed E-state index contributed by atoms with van der Waals surface area (Å²) in [5.74, 6) is 1.87. The third-order valence-corrected chi connectivity index (χ3v) is 8.00. The monoisotopic (exact) mass is 494 g/mol. The van der Waals surface area contributed by atoms with Crippen LogP contribution in [0.1, 0.15) is 29.1 Å². The summed E-state index contributed by atoms with van der Waals surface area (Å²) in [6, 6.07) is 9.97. The van der Waals surface area contributed by atoms with Gasteiger partial charge in [0.25, 0.3) is 0 Å². The van der Waals surface area contributed by atoms with E-state index in [0.29, 0.717) is 12.6 Å². The summed E-state index contributed by atoms with van der Waals surface area (Å²) in [5, 5.41) is 7.89. The number of carbonyl (C=O) groups is 1. The van der Waals surface area contributed by atoms with E-state index in [-0.39, 0.29) is 5.91 Å². The predicted octanol–water partition coefficient (Wildman–Crippen LogP) is 3.66. The Morgan fingerprint density at radius 3 is 2.54 bits per heavy atom. The first-order valence-corrected chi connectivity index (χ1v) is 13.3. The lowest BCUT2D eigenvalue weighted by molar-refractivity contribution is -0.117. The highest BCUT2D eigenvalue weighted by molar-refractivity contribution is 7.18. The maximum absolute atomic E-state index is 12.4. The topological polar surface area (TPSA) is 82.6 Å². The van der Waals surface area contributed by atoms with Gasteiger partial charge in [-0.2, -0.15) is 0 Å². The van der Waals surface area contributed by atoms with Gasteiger partial charge in [0.1, 0.15) is 16.5 Å². The molecule has 2 N–H and O–H groups in total. The predicted molar refractivity (Wildman–Crippen MR) is 141 cm³/mol. The van der Waals surface area contributed by atoms with E-state index in [0.717, 1.165) is 86.3 Å². The van der Waals surface area contributed by atoms with Gasteiger partial charge in [-0.15, -0.1) is 11.3 Å². The van der Waals surface area contributed by atoms with E-state index in [4.69, 9.17) is 14.7 Å². The van der Waals surface area contributed by atoms with Crippen LogP contribution in [0.4, 0.5) is 11.5 Å². The second-order valence-corrected chi connectivity index (χ2v) is 10.7. The fourth-order valence-corrected chi connectivity index (χ4v) is 5.83. The number of para-hydroxylation sites is 1. The van der Waals surface area contributed by atoms with Gasteiger partial charge in [0.2, 0.25) is 5.91 Å². The zero-order chi connectivity index (χ0) is 24.2. The Kier molecular flexibility index (Phi) is 7.57. The molecule has 2 aliphatic rings. The molecule has 1 amide bonds. The number of benzene rings is 1. The minimum Gasteiger partial charge on any atom is -0.379 e. The van der Waals surface area contributed by atoms with Crippen molar-refractivity contribution in [2.24, 2.45) is 0 Å². The maximum atomic E-state index is 12.4. The van der Waals surface area contributed by atoms with Crippen LogP contribution in [-0.4, -0.2) is 77.7 Å². The molecule has 9 heteroatoms. The second kappa shape index (κ2) is 11.0. The Labute approximate surface area is 210 Å². The van der Waals surface area contributed by atoms with Crippen molar-refractivity contribution >= 4 is 39.0 Å². The Balaban J connectivity index is 1.22. The zero-order valence-corrected chi connectivity index (χ0v) is 21.4. The first kappa shape index (κ1) is 24.1. The number of fused-ring (bicyclic) bond motifs is 1. The molecule has 4 heterocycles. The van der Waals surface area contributed by atoms with E-state index in [9.17, 15) is 4.79 Å². The molecule has 2 fully saturated rings. The molecule has 2 saturated heterocycles. The summed E-state index contributed by atoms with van der Waals surface area (Å²) in [5.41, 5.74) is 2.11. The van der Waals surface area contributed by atoms with Gasteiger partial charge in [-0.05, 0) is 44.4 Å². The number of rotatable bonds is 7. The summed E-state index contributed by atoms with van der Waals surface area (Å²) in [6.07, 6.45) is 1.95. The van der Waals surface area contributed by atoms with Crippen molar-refractivity contribution in [2.45, 2.75) is 39.3 Å². The molecular weight excluding hydrogens is 460 g/mol. The van der Waals surface area contributed by atoms with Crippen molar-refractivity contribution in [1.29, 1.82) is 0 Å². The number of hydrogen-bond acceptors (Lipinski definition) is 8. The molecule has 8 nitrogen and oxygen atoms in total. The van der Waals surface area contributed by atoms with Gasteiger partial charge >= 0.3 is 0 Å². The summed E-state index contributed by atoms with van der Waals surface area (Å²) < 4.78 is 5.49. The van der Waals surface area contributed by atoms with Crippen LogP contribution in [0.25, 0.3) is 10.2 Å². The third kappa shape index (κ3) is 5.98. The number of piperidine rings is 1. The average molecular weight is 495 g/mol. The van der Waals surface area contributed by atoms with Crippen LogP contribution in [0, 0.1) is 13.8 Å². The molecule has 0 bridgehead atoms. The van der Waals surface area contributed by atoms with Crippen molar-refractivity contribution < 1.29 is 9.53 Å². The molecule has 0 aliphatic carbocycles. The van der Waals surface area contributed by atoms with Gasteiger partial charge in [0, 0.05) is 42.8 Å². The minimum absolute atomic E-state index is 0.0391. The molecule has 0 atom stereocenters. The van der Waals surface area contributed by atoms with Crippen molar-refractivity contribution in [3.8, 4) is 0 Å². The minimum atomic E-state index is 0.0391. The number of morpholine rings is 1. The van der Waals surface area contributed by atoms with E-state index in [1.807, 2.05) is 30.3 Å². The van der Waals surface area contributed by atoms with Crippen molar-refractivity contribution in [1.82, 2.24) is 19.8 Å². The van der Waals surface area contributed by atoms with Gasteiger partial charge in [0.05, 0.1) is 31.7 Å². The zero-order valence-electron chi connectivity index (χ0n) is 20.5. The van der Waals surface area contributed by atoms with Crippen LogP contribution in [0.2, 0.25) is 0 Å². The summed E-state index contributed by atoms with van der Waals surface area (Å²) in [6.45, 7) is 10.6. The fourth-order valence-electron chi connectivity index (χ4n) is 4.78. The molecule has 0 saturated carbocycles. The molecule has 2 aliphatic heterocycles. The second-order valence-electron chi connectivity index (χ2n) is 9.45. The van der Waals surface area contributed by atoms with Gasteiger partial charge in [-0.3, -0.25) is 14.6 Å². The van der Waals surface area contributed by atoms with Gasteiger partial charge < -0.3 is 15.4 Å². The van der Waals surface area contributed by atoms with Crippen LogP contribution in [0.3, 0.4) is 0 Å². The van der Waals surface area contributed by atoms with Crippen molar-refractivity contribution in [3.63, 3.8) is 0 Å². The molecule has 0 radical (unpaired) electrons. The molecule has 0 spiro atoms. The standard InChI is InChI=1S/C26H34N6O2S/c1-18-19(2)35-26-24(18)25(29-22(30-26)16-32-12-14-34-15-13-32)28-21-8-10-31(11-9-21)17-23(33)27-20-6-4-3-5-7-20/h3-7,21H,8-17H2,1-2H3,(H,27,33)(H,28,29,30). The van der Waals surface area contributed by atoms with E-state index >= 15 is 0 Å². The average Bonchev–Trinajstić information content (AvgIpc) is 3.15. The van der Waals surface area contributed by atoms with E-state index in [2.05, 4.69) is 34.3 Å². The molecular formula is C26H34N6O2S. The highest BCUT2D eigenvalue weighted by Gasteiger charge is 2.24. The van der Waals surface area contributed by atoms with Crippen LogP contribution >= 0.6 is 11.3 Å². The number of thiophene rings is 1. The Bertz CT molecular complexity index is 1150. The van der Waals surface area contributed by atoms with Crippen LogP contribution in [0.5, 0.6) is 0 Å². The van der Waals surface area contributed by atoms with E-state index in [1.54, 1.807) is 11.3 Å². The number of amides is 1. The molecule has 186 valence electrons. The molecule has 35 heavy (non-hydrogen) atoms. The number of carbonyl (C=O) groups excluding carboxylic acids is 1. The number of aromatic nitrogens is 2.